The second kappa shape index (κ2) is 14.0. The zero-order valence-corrected chi connectivity index (χ0v) is 23.3. The maximum atomic E-state index is 11.4. The summed E-state index contributed by atoms with van der Waals surface area (Å²) in [6.45, 7) is 5.15. The standard InChI is InChI=1S/C31H40N2O4S/c1-22-5-3-6-26(19-22)38-18-4-16-33-17-14-23(24(21-33)8-12-31(35)36)7-11-30(34)27-13-15-32-29-10-9-25(37-2)20-28(27)29/h3,5-6,9-10,13,15,19-20,23-24,30,34H,4,7-8,11-12,14,16-18,21H2,1-2H3,(H,35,36)/t23?,24?,30-/m0/s1. The lowest BCUT2D eigenvalue weighted by Gasteiger charge is -2.39. The molecule has 1 fully saturated rings. The molecule has 1 aromatic heterocycles. The van der Waals surface area contributed by atoms with E-state index in [0.29, 0.717) is 24.7 Å². The first-order chi connectivity index (χ1) is 18.4. The summed E-state index contributed by atoms with van der Waals surface area (Å²) in [5, 5.41) is 21.4. The van der Waals surface area contributed by atoms with Gasteiger partial charge in [-0.1, -0.05) is 17.7 Å². The second-order valence-electron chi connectivity index (χ2n) is 10.4. The number of carbonyl (C=O) groups is 1. The molecule has 0 spiro atoms. The van der Waals surface area contributed by atoms with E-state index in [1.165, 1.54) is 10.5 Å². The Morgan fingerprint density at radius 1 is 1.18 bits per heavy atom. The van der Waals surface area contributed by atoms with E-state index in [2.05, 4.69) is 41.1 Å². The van der Waals surface area contributed by atoms with Crippen LogP contribution in [-0.4, -0.2) is 58.6 Å². The normalized spacial score (nSPS) is 18.9. The van der Waals surface area contributed by atoms with Crippen molar-refractivity contribution in [3.05, 3.63) is 65.9 Å². The maximum absolute atomic E-state index is 11.4. The number of methoxy groups -OCH3 is 1. The van der Waals surface area contributed by atoms with E-state index in [0.717, 1.165) is 66.9 Å². The average molecular weight is 537 g/mol. The number of thioether (sulfide) groups is 1. The molecule has 0 amide bonds. The number of pyridine rings is 1. The molecule has 4 rings (SSSR count). The van der Waals surface area contributed by atoms with Gasteiger partial charge in [0.25, 0.3) is 0 Å². The zero-order chi connectivity index (χ0) is 26.9. The van der Waals surface area contributed by atoms with Gasteiger partial charge in [0.1, 0.15) is 5.75 Å². The number of rotatable bonds is 13. The Bertz CT molecular complexity index is 1200. The molecule has 0 radical (unpaired) electrons. The lowest BCUT2D eigenvalue weighted by atomic mass is 9.79. The molecule has 38 heavy (non-hydrogen) atoms. The first-order valence-electron chi connectivity index (χ1n) is 13.7. The lowest BCUT2D eigenvalue weighted by molar-refractivity contribution is -0.137. The van der Waals surface area contributed by atoms with Gasteiger partial charge in [0.15, 0.2) is 0 Å². The van der Waals surface area contributed by atoms with Crippen LogP contribution in [0.25, 0.3) is 10.9 Å². The molecular weight excluding hydrogens is 496 g/mol. The van der Waals surface area contributed by atoms with E-state index in [9.17, 15) is 15.0 Å². The van der Waals surface area contributed by atoms with Gasteiger partial charge in [-0.15, -0.1) is 11.8 Å². The van der Waals surface area contributed by atoms with Crippen LogP contribution in [0.5, 0.6) is 5.75 Å². The van der Waals surface area contributed by atoms with Gasteiger partial charge >= 0.3 is 5.97 Å². The number of likely N-dealkylation sites (tertiary alicyclic amines) is 1. The van der Waals surface area contributed by atoms with Crippen LogP contribution in [0.1, 0.15) is 55.8 Å². The highest BCUT2D eigenvalue weighted by atomic mass is 32.2. The molecule has 2 unspecified atom stereocenters. The molecule has 6 nitrogen and oxygen atoms in total. The summed E-state index contributed by atoms with van der Waals surface area (Å²) < 4.78 is 5.38. The Hall–Kier alpha value is -2.61. The predicted molar refractivity (Wildman–Crippen MR) is 154 cm³/mol. The van der Waals surface area contributed by atoms with Gasteiger partial charge in [0, 0.05) is 29.4 Å². The van der Waals surface area contributed by atoms with Crippen LogP contribution in [0, 0.1) is 18.8 Å². The number of nitrogens with zero attached hydrogens (tertiary/aromatic N) is 2. The van der Waals surface area contributed by atoms with Gasteiger partial charge in [0.05, 0.1) is 18.7 Å². The van der Waals surface area contributed by atoms with E-state index in [4.69, 9.17) is 4.74 Å². The molecule has 3 atom stereocenters. The highest BCUT2D eigenvalue weighted by Gasteiger charge is 2.30. The summed E-state index contributed by atoms with van der Waals surface area (Å²) in [6, 6.07) is 16.3. The highest BCUT2D eigenvalue weighted by molar-refractivity contribution is 7.99. The average Bonchev–Trinajstić information content (AvgIpc) is 2.92. The smallest absolute Gasteiger partial charge is 0.303 e. The molecule has 2 N–H and O–H groups in total. The largest absolute Gasteiger partial charge is 0.497 e. The van der Waals surface area contributed by atoms with Crippen molar-refractivity contribution in [2.45, 2.75) is 56.4 Å². The molecule has 7 heteroatoms. The van der Waals surface area contributed by atoms with E-state index in [1.807, 2.05) is 36.0 Å². The third kappa shape index (κ3) is 7.95. The summed E-state index contributed by atoms with van der Waals surface area (Å²) in [5.41, 5.74) is 3.01. The SMILES string of the molecule is COc1ccc2nccc([C@@H](O)CCC3CCN(CCCSc4cccc(C)c4)CC3CCC(=O)O)c2c1. The number of aliphatic hydroxyl groups excluding tert-OH is 1. The summed E-state index contributed by atoms with van der Waals surface area (Å²) in [6.07, 6.45) is 5.76. The van der Waals surface area contributed by atoms with Crippen molar-refractivity contribution in [1.29, 1.82) is 0 Å². The summed E-state index contributed by atoms with van der Waals surface area (Å²) in [7, 11) is 1.64. The van der Waals surface area contributed by atoms with Crippen LogP contribution < -0.4 is 4.74 Å². The number of aromatic nitrogens is 1. The number of piperidine rings is 1. The van der Waals surface area contributed by atoms with E-state index >= 15 is 0 Å². The van der Waals surface area contributed by atoms with Gasteiger partial charge in [-0.25, -0.2) is 0 Å². The Morgan fingerprint density at radius 2 is 2.05 bits per heavy atom. The lowest BCUT2D eigenvalue weighted by Crippen LogP contribution is -2.41. The number of aryl methyl sites for hydroxylation is 1. The number of aliphatic hydroxyl groups is 1. The van der Waals surface area contributed by atoms with E-state index in [-0.39, 0.29) is 6.42 Å². The van der Waals surface area contributed by atoms with Crippen molar-refractivity contribution in [1.82, 2.24) is 9.88 Å². The highest BCUT2D eigenvalue weighted by Crippen LogP contribution is 2.35. The third-order valence-electron chi connectivity index (χ3n) is 7.73. The molecule has 1 aliphatic rings. The minimum Gasteiger partial charge on any atom is -0.497 e. The first-order valence-corrected chi connectivity index (χ1v) is 14.7. The van der Waals surface area contributed by atoms with Crippen molar-refractivity contribution < 1.29 is 19.7 Å². The van der Waals surface area contributed by atoms with Gasteiger partial charge in [-0.3, -0.25) is 9.78 Å². The minimum atomic E-state index is -0.729. The van der Waals surface area contributed by atoms with Gasteiger partial charge in [0.2, 0.25) is 0 Å². The van der Waals surface area contributed by atoms with Crippen molar-refractivity contribution in [2.24, 2.45) is 11.8 Å². The topological polar surface area (TPSA) is 82.9 Å². The Kier molecular flexibility index (Phi) is 10.4. The monoisotopic (exact) mass is 536 g/mol. The number of hydrogen-bond donors (Lipinski definition) is 2. The molecule has 1 aliphatic heterocycles. The molecule has 0 saturated carbocycles. The number of fused-ring (bicyclic) bond motifs is 1. The molecule has 204 valence electrons. The van der Waals surface area contributed by atoms with E-state index in [1.54, 1.807) is 13.3 Å². The van der Waals surface area contributed by atoms with Crippen LogP contribution in [-0.2, 0) is 4.79 Å². The number of carboxylic acids is 1. The number of carboxylic acid groups (broad SMARTS) is 1. The first kappa shape index (κ1) is 28.4. The molecule has 0 aliphatic carbocycles. The van der Waals surface area contributed by atoms with Crippen LogP contribution in [0.3, 0.4) is 0 Å². The second-order valence-corrected chi connectivity index (χ2v) is 11.6. The van der Waals surface area contributed by atoms with Crippen molar-refractivity contribution >= 4 is 28.6 Å². The van der Waals surface area contributed by atoms with Crippen LogP contribution in [0.15, 0.2) is 59.6 Å². The summed E-state index contributed by atoms with van der Waals surface area (Å²) in [5.74, 6) is 1.86. The van der Waals surface area contributed by atoms with Gasteiger partial charge in [-0.2, -0.15) is 0 Å². The Morgan fingerprint density at radius 3 is 2.84 bits per heavy atom. The van der Waals surface area contributed by atoms with Crippen LogP contribution in [0.4, 0.5) is 0 Å². The van der Waals surface area contributed by atoms with Crippen LogP contribution >= 0.6 is 11.8 Å². The molecule has 1 saturated heterocycles. The molecule has 0 bridgehead atoms. The fourth-order valence-electron chi connectivity index (χ4n) is 5.65. The quantitative estimate of drug-likeness (QED) is 0.195. The van der Waals surface area contributed by atoms with Crippen LogP contribution in [0.2, 0.25) is 0 Å². The number of benzene rings is 2. The fourth-order valence-corrected chi connectivity index (χ4v) is 6.60. The third-order valence-corrected chi connectivity index (χ3v) is 8.81. The van der Waals surface area contributed by atoms with Gasteiger partial charge < -0.3 is 19.8 Å². The Balaban J connectivity index is 1.32. The Labute approximate surface area is 230 Å². The molecule has 2 heterocycles. The van der Waals surface area contributed by atoms with Gasteiger partial charge in [-0.05, 0) is 112 Å². The number of ether oxygens (including phenoxy) is 1. The predicted octanol–water partition coefficient (Wildman–Crippen LogP) is 6.35. The van der Waals surface area contributed by atoms with Crippen molar-refractivity contribution in [3.8, 4) is 5.75 Å². The fraction of sp³-hybridized carbons (Fsp3) is 0.484. The molecule has 2 aromatic carbocycles. The summed E-state index contributed by atoms with van der Waals surface area (Å²) in [4.78, 5) is 19.6. The number of hydrogen-bond acceptors (Lipinski definition) is 6. The number of aliphatic carboxylic acids is 1. The maximum Gasteiger partial charge on any atom is 0.303 e. The molecular formula is C31H40N2O4S. The van der Waals surface area contributed by atoms with Crippen molar-refractivity contribution in [2.75, 3.05) is 32.5 Å². The minimum absolute atomic E-state index is 0.204. The summed E-state index contributed by atoms with van der Waals surface area (Å²) >= 11 is 1.91. The van der Waals surface area contributed by atoms with E-state index < -0.39 is 12.1 Å². The zero-order valence-electron chi connectivity index (χ0n) is 22.5. The van der Waals surface area contributed by atoms with Crippen molar-refractivity contribution in [3.63, 3.8) is 0 Å². The molecule has 3 aromatic rings.